The lowest BCUT2D eigenvalue weighted by Crippen LogP contribution is -2.51. The van der Waals surface area contributed by atoms with E-state index in [0.717, 1.165) is 31.9 Å². The highest BCUT2D eigenvalue weighted by atomic mass is 16.4. The van der Waals surface area contributed by atoms with E-state index in [4.69, 9.17) is 4.42 Å². The van der Waals surface area contributed by atoms with Gasteiger partial charge in [0.05, 0.1) is 5.41 Å². The molecule has 2 aromatic rings. The molecule has 2 aromatic heterocycles. The fourth-order valence-electron chi connectivity index (χ4n) is 5.49. The van der Waals surface area contributed by atoms with Gasteiger partial charge in [-0.1, -0.05) is 12.8 Å². The minimum Gasteiger partial charge on any atom is -0.425 e. The highest BCUT2D eigenvalue weighted by Crippen LogP contribution is 2.46. The van der Waals surface area contributed by atoms with Gasteiger partial charge in [-0.05, 0) is 25.3 Å². The summed E-state index contributed by atoms with van der Waals surface area (Å²) in [7, 11) is 1.84. The average Bonchev–Trinajstić information content (AvgIpc) is 3.46. The molecule has 0 radical (unpaired) electrons. The van der Waals surface area contributed by atoms with Crippen LogP contribution in [0.2, 0.25) is 0 Å². The van der Waals surface area contributed by atoms with Crippen molar-refractivity contribution >= 4 is 5.91 Å². The Bertz CT molecular complexity index is 870. The van der Waals surface area contributed by atoms with E-state index >= 15 is 0 Å². The van der Waals surface area contributed by atoms with Crippen molar-refractivity contribution in [1.29, 1.82) is 0 Å². The van der Waals surface area contributed by atoms with E-state index in [1.165, 1.54) is 25.7 Å². The standard InChI is InChI=1S/C20H28N6O2/c1-14-21-22-19(28-14)20-8-10-25(18(27)17-7-9-24(2)23-17)11-15(20)12-26(13-20)16-5-3-4-6-16/h7,9,15-16H,3-6,8,10-13H2,1-2H3/t15-,20-/m0/s1. The molecule has 8 heteroatoms. The van der Waals surface area contributed by atoms with Crippen molar-refractivity contribution in [2.24, 2.45) is 13.0 Å². The second kappa shape index (κ2) is 6.69. The predicted molar refractivity (Wildman–Crippen MR) is 102 cm³/mol. The van der Waals surface area contributed by atoms with Crippen molar-refractivity contribution in [2.45, 2.75) is 50.5 Å². The molecule has 1 saturated carbocycles. The number of amides is 1. The Balaban J connectivity index is 1.42. The molecule has 8 nitrogen and oxygen atoms in total. The van der Waals surface area contributed by atoms with Crippen LogP contribution in [-0.2, 0) is 12.5 Å². The fourth-order valence-corrected chi connectivity index (χ4v) is 5.49. The van der Waals surface area contributed by atoms with Crippen LogP contribution < -0.4 is 0 Å². The minimum atomic E-state index is -0.134. The van der Waals surface area contributed by atoms with Crippen LogP contribution in [0, 0.1) is 12.8 Å². The van der Waals surface area contributed by atoms with E-state index in [1.807, 2.05) is 25.1 Å². The van der Waals surface area contributed by atoms with Crippen LogP contribution in [0.3, 0.4) is 0 Å². The summed E-state index contributed by atoms with van der Waals surface area (Å²) in [6, 6.07) is 2.46. The molecule has 5 rings (SSSR count). The number of aromatic nitrogens is 4. The first-order chi connectivity index (χ1) is 13.5. The molecule has 2 aliphatic heterocycles. The summed E-state index contributed by atoms with van der Waals surface area (Å²) in [5, 5.41) is 12.9. The maximum absolute atomic E-state index is 13.0. The van der Waals surface area contributed by atoms with E-state index in [-0.39, 0.29) is 11.3 Å². The van der Waals surface area contributed by atoms with Gasteiger partial charge >= 0.3 is 0 Å². The van der Waals surface area contributed by atoms with Gasteiger partial charge in [0, 0.05) is 58.3 Å². The lowest BCUT2D eigenvalue weighted by molar-refractivity contribution is 0.0561. The molecule has 1 aliphatic carbocycles. The van der Waals surface area contributed by atoms with E-state index in [1.54, 1.807) is 10.7 Å². The highest BCUT2D eigenvalue weighted by molar-refractivity contribution is 5.92. The molecule has 0 bridgehead atoms. The lowest BCUT2D eigenvalue weighted by atomic mass is 9.72. The Kier molecular flexibility index (Phi) is 4.26. The van der Waals surface area contributed by atoms with Crippen LogP contribution in [0.25, 0.3) is 0 Å². The maximum atomic E-state index is 13.0. The highest BCUT2D eigenvalue weighted by Gasteiger charge is 2.55. The molecule has 2 atom stereocenters. The van der Waals surface area contributed by atoms with Gasteiger partial charge in [-0.2, -0.15) is 5.10 Å². The number of hydrogen-bond donors (Lipinski definition) is 0. The Labute approximate surface area is 164 Å². The molecule has 28 heavy (non-hydrogen) atoms. The van der Waals surface area contributed by atoms with E-state index in [0.29, 0.717) is 30.1 Å². The molecule has 1 amide bonds. The minimum absolute atomic E-state index is 0.0234. The molecular weight excluding hydrogens is 356 g/mol. The number of aryl methyl sites for hydroxylation is 2. The lowest BCUT2D eigenvalue weighted by Gasteiger charge is -2.41. The Hall–Kier alpha value is -2.22. The van der Waals surface area contributed by atoms with Crippen molar-refractivity contribution in [1.82, 2.24) is 29.8 Å². The van der Waals surface area contributed by atoms with Gasteiger partial charge in [0.1, 0.15) is 5.69 Å². The first-order valence-electron chi connectivity index (χ1n) is 10.4. The molecule has 3 aliphatic rings. The summed E-state index contributed by atoms with van der Waals surface area (Å²) in [6.07, 6.45) is 7.89. The zero-order valence-electron chi connectivity index (χ0n) is 16.7. The number of likely N-dealkylation sites (tertiary alicyclic amines) is 2. The topological polar surface area (TPSA) is 80.3 Å². The summed E-state index contributed by atoms with van der Waals surface area (Å²) < 4.78 is 7.63. The van der Waals surface area contributed by atoms with Crippen LogP contribution in [0.1, 0.15) is 54.4 Å². The fraction of sp³-hybridized carbons (Fsp3) is 0.700. The van der Waals surface area contributed by atoms with E-state index in [2.05, 4.69) is 20.2 Å². The van der Waals surface area contributed by atoms with Gasteiger partial charge in [0.15, 0.2) is 0 Å². The quantitative estimate of drug-likeness (QED) is 0.802. The molecule has 2 saturated heterocycles. The van der Waals surface area contributed by atoms with Gasteiger partial charge in [-0.15, -0.1) is 10.2 Å². The molecule has 4 heterocycles. The van der Waals surface area contributed by atoms with Crippen molar-refractivity contribution in [3.8, 4) is 0 Å². The predicted octanol–water partition coefficient (Wildman–Crippen LogP) is 1.77. The van der Waals surface area contributed by atoms with Crippen LogP contribution in [0.4, 0.5) is 0 Å². The molecule has 0 aromatic carbocycles. The number of fused-ring (bicyclic) bond motifs is 1. The molecule has 0 unspecified atom stereocenters. The second-order valence-corrected chi connectivity index (χ2v) is 8.72. The molecule has 3 fully saturated rings. The van der Waals surface area contributed by atoms with Gasteiger partial charge in [0.25, 0.3) is 5.91 Å². The van der Waals surface area contributed by atoms with Crippen molar-refractivity contribution < 1.29 is 9.21 Å². The molecule has 150 valence electrons. The van der Waals surface area contributed by atoms with Crippen LogP contribution in [0.5, 0.6) is 0 Å². The van der Waals surface area contributed by atoms with Crippen LogP contribution in [0.15, 0.2) is 16.7 Å². The second-order valence-electron chi connectivity index (χ2n) is 8.72. The summed E-state index contributed by atoms with van der Waals surface area (Å²) in [6.45, 7) is 5.24. The molecule has 0 spiro atoms. The third-order valence-corrected chi connectivity index (χ3v) is 7.00. The first kappa shape index (κ1) is 17.8. The van der Waals surface area contributed by atoms with Gasteiger partial charge < -0.3 is 9.32 Å². The molecular formula is C20H28N6O2. The largest absolute Gasteiger partial charge is 0.425 e. The number of carbonyl (C=O) groups is 1. The Morgan fingerprint density at radius 3 is 2.75 bits per heavy atom. The maximum Gasteiger partial charge on any atom is 0.274 e. The number of nitrogens with zero attached hydrogens (tertiary/aromatic N) is 6. The van der Waals surface area contributed by atoms with Crippen molar-refractivity contribution in [3.63, 3.8) is 0 Å². The van der Waals surface area contributed by atoms with Gasteiger partial charge in [0.2, 0.25) is 11.8 Å². The number of piperidine rings is 1. The van der Waals surface area contributed by atoms with E-state index in [9.17, 15) is 4.79 Å². The number of hydrogen-bond acceptors (Lipinski definition) is 6. The van der Waals surface area contributed by atoms with E-state index < -0.39 is 0 Å². The first-order valence-corrected chi connectivity index (χ1v) is 10.4. The van der Waals surface area contributed by atoms with Gasteiger partial charge in [-0.25, -0.2) is 0 Å². The van der Waals surface area contributed by atoms with Crippen molar-refractivity contribution in [3.05, 3.63) is 29.7 Å². The monoisotopic (exact) mass is 384 g/mol. The zero-order valence-corrected chi connectivity index (χ0v) is 16.7. The third-order valence-electron chi connectivity index (χ3n) is 7.00. The summed E-state index contributed by atoms with van der Waals surface area (Å²) in [5.74, 6) is 1.72. The zero-order chi connectivity index (χ0) is 19.3. The Morgan fingerprint density at radius 1 is 1.25 bits per heavy atom. The Morgan fingerprint density at radius 2 is 2.07 bits per heavy atom. The van der Waals surface area contributed by atoms with Crippen molar-refractivity contribution in [2.75, 3.05) is 26.2 Å². The SMILES string of the molecule is Cc1nnc([C@]23CCN(C(=O)c4ccn(C)n4)C[C@H]2CN(C2CCCC2)C3)o1. The molecule has 0 N–H and O–H groups in total. The summed E-state index contributed by atoms with van der Waals surface area (Å²) >= 11 is 0. The average molecular weight is 384 g/mol. The number of rotatable bonds is 3. The summed E-state index contributed by atoms with van der Waals surface area (Å²) in [4.78, 5) is 17.6. The van der Waals surface area contributed by atoms with Gasteiger partial charge in [-0.3, -0.25) is 14.4 Å². The summed E-state index contributed by atoms with van der Waals surface area (Å²) in [5.41, 5.74) is 0.388. The van der Waals surface area contributed by atoms with Crippen LogP contribution in [-0.4, -0.2) is 67.9 Å². The normalized spacial score (nSPS) is 28.8. The van der Waals surface area contributed by atoms with Crippen LogP contribution >= 0.6 is 0 Å². The smallest absolute Gasteiger partial charge is 0.274 e. The number of carbonyl (C=O) groups excluding carboxylic acids is 1. The third kappa shape index (κ3) is 2.85.